The number of hydrogen-bond acceptors (Lipinski definition) is 7. The predicted molar refractivity (Wildman–Crippen MR) is 180 cm³/mol. The topological polar surface area (TPSA) is 94.2 Å². The van der Waals surface area contributed by atoms with Crippen LogP contribution in [0.1, 0.15) is 93.2 Å². The molecule has 2 aromatic carbocycles. The van der Waals surface area contributed by atoms with Gasteiger partial charge in [-0.05, 0) is 144 Å². The minimum atomic E-state index is -0.474. The Balaban J connectivity index is 1.29. The average Bonchev–Trinajstić information content (AvgIpc) is 3.21. The molecular weight excluding hydrogens is 588 g/mol. The lowest BCUT2D eigenvalue weighted by molar-refractivity contribution is -0.121. The summed E-state index contributed by atoms with van der Waals surface area (Å²) in [5.74, 6) is 1.45. The molecule has 8 nitrogen and oxygen atoms in total. The van der Waals surface area contributed by atoms with Crippen LogP contribution in [-0.2, 0) is 22.4 Å². The third-order valence-electron chi connectivity index (χ3n) is 8.52. The van der Waals surface area contributed by atoms with Crippen molar-refractivity contribution in [3.63, 3.8) is 0 Å². The maximum Gasteiger partial charge on any atom is 0.407 e. The molecule has 0 aromatic heterocycles. The van der Waals surface area contributed by atoms with Crippen molar-refractivity contribution in [2.75, 3.05) is 20.2 Å². The van der Waals surface area contributed by atoms with Crippen LogP contribution in [0.3, 0.4) is 0 Å². The highest BCUT2D eigenvalue weighted by Gasteiger charge is 2.35. The molecule has 2 aromatic rings. The largest absolute Gasteiger partial charge is 0.489 e. The van der Waals surface area contributed by atoms with Gasteiger partial charge in [0.1, 0.15) is 29.3 Å². The van der Waals surface area contributed by atoms with E-state index in [2.05, 4.69) is 33.0 Å². The van der Waals surface area contributed by atoms with Crippen LogP contribution in [-0.4, -0.2) is 53.5 Å². The molecule has 0 spiro atoms. The smallest absolute Gasteiger partial charge is 0.407 e. The first kappa shape index (κ1) is 34.4. The van der Waals surface area contributed by atoms with Crippen molar-refractivity contribution in [3.05, 3.63) is 62.6 Å². The van der Waals surface area contributed by atoms with Gasteiger partial charge in [-0.25, -0.2) is 4.79 Å². The molecule has 1 fully saturated rings. The Labute approximate surface area is 272 Å². The van der Waals surface area contributed by atoms with Gasteiger partial charge in [-0.3, -0.25) is 14.5 Å². The van der Waals surface area contributed by atoms with E-state index in [0.717, 1.165) is 78.7 Å². The normalized spacial score (nSPS) is 19.0. The zero-order valence-corrected chi connectivity index (χ0v) is 28.9. The van der Waals surface area contributed by atoms with Gasteiger partial charge in [-0.2, -0.15) is 0 Å². The van der Waals surface area contributed by atoms with E-state index >= 15 is 0 Å². The molecule has 0 aliphatic carbocycles. The lowest BCUT2D eigenvalue weighted by Crippen LogP contribution is -2.42. The Morgan fingerprint density at radius 3 is 2.38 bits per heavy atom. The monoisotopic (exact) mass is 636 g/mol. The minimum Gasteiger partial charge on any atom is -0.489 e. The standard InChI is InChI=1S/C36H48N2O6S/c1-23-24(2)31-29(25(3)28(23)13-11-9-10-12-20-37-33(40)44-35(4,5)6)18-19-36(7,43-31)22-42-27-16-14-26(15-17-27)21-30-32(39)38(8)34(41)45-30/h14-17,21H,9-13,18-20,22H2,1-8H3,(H,37,40). The van der Waals surface area contributed by atoms with E-state index < -0.39 is 11.2 Å². The van der Waals surface area contributed by atoms with E-state index in [0.29, 0.717) is 18.1 Å². The molecule has 0 bridgehead atoms. The molecule has 1 saturated heterocycles. The molecule has 244 valence electrons. The minimum absolute atomic E-state index is 0.261. The third-order valence-corrected chi connectivity index (χ3v) is 9.48. The zero-order chi connectivity index (χ0) is 32.9. The van der Waals surface area contributed by atoms with Crippen LogP contribution in [0.2, 0.25) is 0 Å². The highest BCUT2D eigenvalue weighted by molar-refractivity contribution is 8.18. The first-order chi connectivity index (χ1) is 21.2. The quantitative estimate of drug-likeness (QED) is 0.197. The first-order valence-electron chi connectivity index (χ1n) is 15.9. The molecule has 1 unspecified atom stereocenters. The molecule has 2 aliphatic heterocycles. The number of nitrogens with zero attached hydrogens (tertiary/aromatic N) is 1. The number of imide groups is 1. The van der Waals surface area contributed by atoms with Crippen LogP contribution in [0, 0.1) is 20.8 Å². The number of likely N-dealkylation sites (N-methyl/N-ethyl adjacent to an activating group) is 1. The maximum atomic E-state index is 12.2. The van der Waals surface area contributed by atoms with Gasteiger partial charge in [0.25, 0.3) is 11.1 Å². The Kier molecular flexibility index (Phi) is 10.9. The fraction of sp³-hybridized carbons (Fsp3) is 0.528. The second-order valence-corrected chi connectivity index (χ2v) is 14.4. The van der Waals surface area contributed by atoms with Crippen molar-refractivity contribution in [2.24, 2.45) is 0 Å². The van der Waals surface area contributed by atoms with Crippen LogP contribution in [0.4, 0.5) is 9.59 Å². The number of benzene rings is 2. The van der Waals surface area contributed by atoms with Crippen LogP contribution in [0.25, 0.3) is 6.08 Å². The molecule has 1 N–H and O–H groups in total. The summed E-state index contributed by atoms with van der Waals surface area (Å²) in [6, 6.07) is 7.53. The van der Waals surface area contributed by atoms with Gasteiger partial charge in [0.2, 0.25) is 0 Å². The second kappa shape index (κ2) is 14.3. The number of rotatable bonds is 11. The van der Waals surface area contributed by atoms with Gasteiger partial charge in [0.15, 0.2) is 0 Å². The number of alkyl carbamates (subject to hydrolysis) is 1. The number of carbonyl (C=O) groups excluding carboxylic acids is 3. The van der Waals surface area contributed by atoms with E-state index in [-0.39, 0.29) is 17.2 Å². The van der Waals surface area contributed by atoms with Gasteiger partial charge in [-0.1, -0.05) is 25.0 Å². The molecule has 0 saturated carbocycles. The predicted octanol–water partition coefficient (Wildman–Crippen LogP) is 8.07. The van der Waals surface area contributed by atoms with Crippen molar-refractivity contribution >= 4 is 35.1 Å². The molecule has 1 atom stereocenters. The van der Waals surface area contributed by atoms with E-state index in [1.165, 1.54) is 34.9 Å². The van der Waals surface area contributed by atoms with Gasteiger partial charge in [-0.15, -0.1) is 0 Å². The summed E-state index contributed by atoms with van der Waals surface area (Å²) in [4.78, 5) is 37.3. The summed E-state index contributed by atoms with van der Waals surface area (Å²) in [6.07, 6.45) is 8.46. The van der Waals surface area contributed by atoms with Crippen molar-refractivity contribution < 1.29 is 28.6 Å². The maximum absolute atomic E-state index is 12.2. The molecule has 9 heteroatoms. The average molecular weight is 637 g/mol. The van der Waals surface area contributed by atoms with Crippen LogP contribution in [0.15, 0.2) is 29.2 Å². The summed E-state index contributed by atoms with van der Waals surface area (Å²) >= 11 is 0.952. The van der Waals surface area contributed by atoms with Crippen molar-refractivity contribution in [3.8, 4) is 11.5 Å². The Morgan fingerprint density at radius 1 is 1.04 bits per heavy atom. The highest BCUT2D eigenvalue weighted by Crippen LogP contribution is 2.41. The number of fused-ring (bicyclic) bond motifs is 1. The second-order valence-electron chi connectivity index (χ2n) is 13.4. The number of unbranched alkanes of at least 4 members (excludes halogenated alkanes) is 3. The Morgan fingerprint density at radius 2 is 1.73 bits per heavy atom. The van der Waals surface area contributed by atoms with E-state index in [1.54, 1.807) is 6.08 Å². The number of carbonyl (C=O) groups is 3. The SMILES string of the molecule is Cc1c(C)c2c(c(C)c1CCCCCCNC(=O)OC(C)(C)C)CCC(C)(COc1ccc(C=C3SC(=O)N(C)C3=O)cc1)O2. The number of hydrogen-bond donors (Lipinski definition) is 1. The molecule has 2 heterocycles. The molecule has 3 amide bonds. The summed E-state index contributed by atoms with van der Waals surface area (Å²) < 4.78 is 18.2. The lowest BCUT2D eigenvalue weighted by Gasteiger charge is -2.38. The van der Waals surface area contributed by atoms with Gasteiger partial charge >= 0.3 is 6.09 Å². The first-order valence-corrected chi connectivity index (χ1v) is 16.7. The van der Waals surface area contributed by atoms with Gasteiger partial charge in [0.05, 0.1) is 4.91 Å². The number of amides is 3. The fourth-order valence-corrected chi connectivity index (χ4v) is 6.56. The van der Waals surface area contributed by atoms with Crippen molar-refractivity contribution in [1.29, 1.82) is 0 Å². The van der Waals surface area contributed by atoms with E-state index in [9.17, 15) is 14.4 Å². The van der Waals surface area contributed by atoms with Crippen LogP contribution in [0.5, 0.6) is 11.5 Å². The van der Waals surface area contributed by atoms with Crippen molar-refractivity contribution in [1.82, 2.24) is 10.2 Å². The van der Waals surface area contributed by atoms with Crippen LogP contribution >= 0.6 is 11.8 Å². The van der Waals surface area contributed by atoms with Crippen LogP contribution < -0.4 is 14.8 Å². The zero-order valence-electron chi connectivity index (χ0n) is 28.1. The summed E-state index contributed by atoms with van der Waals surface area (Å²) in [7, 11) is 1.49. The lowest BCUT2D eigenvalue weighted by atomic mass is 9.84. The molecule has 45 heavy (non-hydrogen) atoms. The Hall–Kier alpha value is -3.46. The van der Waals surface area contributed by atoms with Gasteiger partial charge < -0.3 is 19.5 Å². The fourth-order valence-electron chi connectivity index (χ4n) is 5.74. The van der Waals surface area contributed by atoms with E-state index in [4.69, 9.17) is 14.2 Å². The summed E-state index contributed by atoms with van der Waals surface area (Å²) in [5, 5.41) is 2.58. The summed E-state index contributed by atoms with van der Waals surface area (Å²) in [6.45, 7) is 15.4. The highest BCUT2D eigenvalue weighted by atomic mass is 32.2. The number of thioether (sulfide) groups is 1. The number of nitrogens with one attached hydrogen (secondary N) is 1. The molecule has 4 rings (SSSR count). The third kappa shape index (κ3) is 8.84. The summed E-state index contributed by atoms with van der Waals surface area (Å²) in [5.41, 5.74) is 6.51. The molecule has 2 aliphatic rings. The van der Waals surface area contributed by atoms with Gasteiger partial charge in [0, 0.05) is 13.6 Å². The van der Waals surface area contributed by atoms with E-state index in [1.807, 2.05) is 45.0 Å². The molecular formula is C36H48N2O6S. The molecule has 0 radical (unpaired) electrons. The number of ether oxygens (including phenoxy) is 3. The Bertz CT molecular complexity index is 1460. The van der Waals surface area contributed by atoms with Crippen molar-refractivity contribution in [2.45, 2.75) is 105 Å².